The number of halogens is 1. The standard InChI is InChI=1S/C17H21FN2O3/c1-10-6-12(10)16(23)20-14-3-2-11(18)7-13(14)15(22)19-8-17(9-21)4-5-17/h2-3,7,10,12,21H,4-6,8-9H2,1H3,(H,19,22)(H,20,23). The molecular formula is C17H21FN2O3. The van der Waals surface area contributed by atoms with E-state index in [1.165, 1.54) is 12.1 Å². The second kappa shape index (κ2) is 5.92. The molecule has 23 heavy (non-hydrogen) atoms. The molecule has 2 aliphatic carbocycles. The van der Waals surface area contributed by atoms with Crippen LogP contribution in [0.3, 0.4) is 0 Å². The van der Waals surface area contributed by atoms with Crippen LogP contribution in [0.25, 0.3) is 0 Å². The maximum Gasteiger partial charge on any atom is 0.253 e. The van der Waals surface area contributed by atoms with Crippen molar-refractivity contribution in [2.45, 2.75) is 26.2 Å². The number of aliphatic hydroxyl groups is 1. The first kappa shape index (κ1) is 15.9. The summed E-state index contributed by atoms with van der Waals surface area (Å²) in [5.74, 6) is -0.779. The lowest BCUT2D eigenvalue weighted by Gasteiger charge is -2.15. The topological polar surface area (TPSA) is 78.4 Å². The Morgan fingerprint density at radius 2 is 2.09 bits per heavy atom. The smallest absolute Gasteiger partial charge is 0.253 e. The molecule has 0 saturated heterocycles. The highest BCUT2D eigenvalue weighted by Gasteiger charge is 2.42. The van der Waals surface area contributed by atoms with Crippen LogP contribution in [0.4, 0.5) is 10.1 Å². The number of hydrogen-bond donors (Lipinski definition) is 3. The highest BCUT2D eigenvalue weighted by molar-refractivity contribution is 6.04. The van der Waals surface area contributed by atoms with Crippen LogP contribution >= 0.6 is 0 Å². The molecule has 2 amide bonds. The largest absolute Gasteiger partial charge is 0.396 e. The highest BCUT2D eigenvalue weighted by Crippen LogP contribution is 2.44. The van der Waals surface area contributed by atoms with E-state index >= 15 is 0 Å². The number of hydrogen-bond acceptors (Lipinski definition) is 3. The first-order chi connectivity index (χ1) is 10.9. The van der Waals surface area contributed by atoms with Gasteiger partial charge in [0.15, 0.2) is 0 Å². The van der Waals surface area contributed by atoms with Crippen molar-refractivity contribution in [3.05, 3.63) is 29.6 Å². The summed E-state index contributed by atoms with van der Waals surface area (Å²) in [6, 6.07) is 3.76. The number of rotatable bonds is 6. The van der Waals surface area contributed by atoms with Crippen LogP contribution in [0.15, 0.2) is 18.2 Å². The molecule has 2 saturated carbocycles. The first-order valence-electron chi connectivity index (χ1n) is 7.94. The molecule has 5 nitrogen and oxygen atoms in total. The van der Waals surface area contributed by atoms with Crippen molar-refractivity contribution in [3.8, 4) is 0 Å². The Kier molecular flexibility index (Phi) is 4.10. The maximum absolute atomic E-state index is 13.5. The molecule has 1 aromatic carbocycles. The third kappa shape index (κ3) is 3.52. The van der Waals surface area contributed by atoms with Gasteiger partial charge in [-0.25, -0.2) is 4.39 Å². The van der Waals surface area contributed by atoms with E-state index in [9.17, 15) is 19.1 Å². The fraction of sp³-hybridized carbons (Fsp3) is 0.529. The Balaban J connectivity index is 1.70. The van der Waals surface area contributed by atoms with Gasteiger partial charge in [0.25, 0.3) is 5.91 Å². The molecule has 0 heterocycles. The Morgan fingerprint density at radius 3 is 2.65 bits per heavy atom. The van der Waals surface area contributed by atoms with Crippen LogP contribution in [-0.2, 0) is 4.79 Å². The maximum atomic E-state index is 13.5. The number of amides is 2. The van der Waals surface area contributed by atoms with Crippen molar-refractivity contribution < 1.29 is 19.1 Å². The number of benzene rings is 1. The zero-order chi connectivity index (χ0) is 16.6. The zero-order valence-electron chi connectivity index (χ0n) is 13.1. The van der Waals surface area contributed by atoms with Gasteiger partial charge >= 0.3 is 0 Å². The molecule has 0 radical (unpaired) electrons. The number of anilines is 1. The van der Waals surface area contributed by atoms with Gasteiger partial charge in [0.05, 0.1) is 17.9 Å². The Labute approximate surface area is 134 Å². The van der Waals surface area contributed by atoms with Crippen molar-refractivity contribution in [2.75, 3.05) is 18.5 Å². The van der Waals surface area contributed by atoms with E-state index in [4.69, 9.17) is 0 Å². The van der Waals surface area contributed by atoms with Crippen molar-refractivity contribution in [2.24, 2.45) is 17.3 Å². The average molecular weight is 320 g/mol. The van der Waals surface area contributed by atoms with Crippen LogP contribution in [0.5, 0.6) is 0 Å². The molecule has 6 heteroatoms. The molecule has 2 atom stereocenters. The molecule has 3 N–H and O–H groups in total. The minimum atomic E-state index is -0.531. The van der Waals surface area contributed by atoms with Gasteiger partial charge in [0.1, 0.15) is 5.82 Å². The molecule has 0 bridgehead atoms. The molecule has 2 unspecified atom stereocenters. The van der Waals surface area contributed by atoms with Gasteiger partial charge in [0, 0.05) is 17.9 Å². The third-order valence-corrected chi connectivity index (χ3v) is 4.85. The van der Waals surface area contributed by atoms with Gasteiger partial charge < -0.3 is 15.7 Å². The van der Waals surface area contributed by atoms with E-state index in [2.05, 4.69) is 10.6 Å². The summed E-state index contributed by atoms with van der Waals surface area (Å²) in [5, 5.41) is 14.7. The highest BCUT2D eigenvalue weighted by atomic mass is 19.1. The Bertz CT molecular complexity index is 643. The Morgan fingerprint density at radius 1 is 1.39 bits per heavy atom. The lowest BCUT2D eigenvalue weighted by Crippen LogP contribution is -2.32. The summed E-state index contributed by atoms with van der Waals surface area (Å²) in [4.78, 5) is 24.4. The first-order valence-corrected chi connectivity index (χ1v) is 7.94. The monoisotopic (exact) mass is 320 g/mol. The fourth-order valence-electron chi connectivity index (χ4n) is 2.66. The van der Waals surface area contributed by atoms with Gasteiger partial charge in [-0.3, -0.25) is 9.59 Å². The molecule has 0 spiro atoms. The quantitative estimate of drug-likeness (QED) is 0.749. The van der Waals surface area contributed by atoms with E-state index in [-0.39, 0.29) is 29.4 Å². The second-order valence-electron chi connectivity index (χ2n) is 6.84. The van der Waals surface area contributed by atoms with Crippen molar-refractivity contribution in [1.82, 2.24) is 5.32 Å². The van der Waals surface area contributed by atoms with Gasteiger partial charge in [-0.05, 0) is 43.4 Å². The van der Waals surface area contributed by atoms with E-state index in [0.29, 0.717) is 18.2 Å². The van der Waals surface area contributed by atoms with Gasteiger partial charge in [-0.1, -0.05) is 6.92 Å². The minimum absolute atomic E-state index is 0.0274. The van der Waals surface area contributed by atoms with Gasteiger partial charge in [-0.2, -0.15) is 0 Å². The summed E-state index contributed by atoms with van der Waals surface area (Å²) in [7, 11) is 0. The normalized spacial score (nSPS) is 24.0. The summed E-state index contributed by atoms with van der Waals surface area (Å²) in [6.45, 7) is 2.37. The van der Waals surface area contributed by atoms with E-state index in [1.54, 1.807) is 0 Å². The predicted molar refractivity (Wildman–Crippen MR) is 83.4 cm³/mol. The molecular weight excluding hydrogens is 299 g/mol. The lowest BCUT2D eigenvalue weighted by molar-refractivity contribution is -0.117. The Hall–Kier alpha value is -1.95. The molecule has 1 aromatic rings. The summed E-state index contributed by atoms with van der Waals surface area (Å²) >= 11 is 0. The lowest BCUT2D eigenvalue weighted by atomic mass is 10.1. The van der Waals surface area contributed by atoms with Gasteiger partial charge in [-0.15, -0.1) is 0 Å². The predicted octanol–water partition coefficient (Wildman–Crippen LogP) is 1.92. The summed E-state index contributed by atoms with van der Waals surface area (Å²) in [5.41, 5.74) is 0.206. The molecule has 2 fully saturated rings. The number of nitrogens with one attached hydrogen (secondary N) is 2. The van der Waals surface area contributed by atoms with Crippen LogP contribution < -0.4 is 10.6 Å². The van der Waals surface area contributed by atoms with Crippen molar-refractivity contribution in [1.29, 1.82) is 0 Å². The number of carbonyl (C=O) groups excluding carboxylic acids is 2. The van der Waals surface area contributed by atoms with Crippen molar-refractivity contribution >= 4 is 17.5 Å². The van der Waals surface area contributed by atoms with E-state index < -0.39 is 11.7 Å². The van der Waals surface area contributed by atoms with Crippen molar-refractivity contribution in [3.63, 3.8) is 0 Å². The fourth-order valence-corrected chi connectivity index (χ4v) is 2.66. The van der Waals surface area contributed by atoms with Gasteiger partial charge in [0.2, 0.25) is 5.91 Å². The average Bonchev–Trinajstić information content (AvgIpc) is 3.44. The SMILES string of the molecule is CC1CC1C(=O)Nc1ccc(F)cc1C(=O)NCC1(CO)CC1. The molecule has 0 aliphatic heterocycles. The van der Waals surface area contributed by atoms with E-state index in [1.807, 2.05) is 6.92 Å². The molecule has 2 aliphatic rings. The van der Waals surface area contributed by atoms with Crippen LogP contribution in [0, 0.1) is 23.1 Å². The number of carbonyl (C=O) groups is 2. The summed E-state index contributed by atoms with van der Waals surface area (Å²) < 4.78 is 13.5. The summed E-state index contributed by atoms with van der Waals surface area (Å²) in [6.07, 6.45) is 2.58. The second-order valence-corrected chi connectivity index (χ2v) is 6.84. The van der Waals surface area contributed by atoms with Crippen LogP contribution in [0.1, 0.15) is 36.5 Å². The molecule has 0 aromatic heterocycles. The molecule has 3 rings (SSSR count). The van der Waals surface area contributed by atoms with E-state index in [0.717, 1.165) is 25.3 Å². The molecule has 124 valence electrons. The minimum Gasteiger partial charge on any atom is -0.396 e. The van der Waals surface area contributed by atoms with Crippen LogP contribution in [-0.4, -0.2) is 30.1 Å². The van der Waals surface area contributed by atoms with Crippen LogP contribution in [0.2, 0.25) is 0 Å². The third-order valence-electron chi connectivity index (χ3n) is 4.85. The zero-order valence-corrected chi connectivity index (χ0v) is 13.1. The number of aliphatic hydroxyl groups excluding tert-OH is 1.